The molecular weight excluding hydrogens is 520 g/mol. The topological polar surface area (TPSA) is 118 Å². The molecule has 0 bridgehead atoms. The second-order valence-electron chi connectivity index (χ2n) is 8.13. The summed E-state index contributed by atoms with van der Waals surface area (Å²) in [5.74, 6) is 0.525. The molecule has 0 radical (unpaired) electrons. The molecule has 34 heavy (non-hydrogen) atoms. The summed E-state index contributed by atoms with van der Waals surface area (Å²) in [4.78, 5) is 44.2. The maximum atomic E-state index is 13.3. The number of carbonyl (C=O) groups is 1. The molecule has 2 heterocycles. The van der Waals surface area contributed by atoms with Crippen LogP contribution in [0.4, 0.5) is 11.5 Å². The van der Waals surface area contributed by atoms with E-state index >= 15 is 0 Å². The Bertz CT molecular complexity index is 1400. The molecule has 1 aliphatic carbocycles. The van der Waals surface area contributed by atoms with Gasteiger partial charge in [-0.05, 0) is 36.1 Å². The third-order valence-electron chi connectivity index (χ3n) is 5.94. The van der Waals surface area contributed by atoms with Crippen LogP contribution in [0.15, 0.2) is 74.2 Å². The number of non-ortho nitro benzene ring substituents is 1. The van der Waals surface area contributed by atoms with Crippen LogP contribution in [0.2, 0.25) is 0 Å². The van der Waals surface area contributed by atoms with Gasteiger partial charge in [-0.1, -0.05) is 52.0 Å². The SMILES string of the molecule is O=C1CCCC2=C1[C@H](c1cccc(Br)c1)c1c(nc(SCc3ccc([N+](=O)[O-])cc3)[nH]c1=O)N2. The highest BCUT2D eigenvalue weighted by atomic mass is 79.9. The lowest BCUT2D eigenvalue weighted by Crippen LogP contribution is -2.32. The van der Waals surface area contributed by atoms with Crippen LogP contribution in [0.25, 0.3) is 0 Å². The van der Waals surface area contributed by atoms with Crippen LogP contribution in [0, 0.1) is 10.1 Å². The van der Waals surface area contributed by atoms with E-state index in [0.717, 1.165) is 34.1 Å². The van der Waals surface area contributed by atoms with Crippen LogP contribution >= 0.6 is 27.7 Å². The minimum Gasteiger partial charge on any atom is -0.343 e. The van der Waals surface area contributed by atoms with E-state index in [1.165, 1.54) is 23.9 Å². The zero-order valence-electron chi connectivity index (χ0n) is 17.8. The highest BCUT2D eigenvalue weighted by Gasteiger charge is 2.37. The smallest absolute Gasteiger partial charge is 0.269 e. The molecule has 1 aliphatic heterocycles. The molecule has 2 aliphatic rings. The number of halogens is 1. The quantitative estimate of drug-likeness (QED) is 0.196. The van der Waals surface area contributed by atoms with Crippen molar-refractivity contribution in [3.05, 3.63) is 101 Å². The van der Waals surface area contributed by atoms with E-state index in [0.29, 0.717) is 34.3 Å². The largest absolute Gasteiger partial charge is 0.343 e. The standard InChI is InChI=1S/C24H19BrN4O4S/c25-15-4-1-3-14(11-15)19-20-17(5-2-6-18(20)30)26-22-21(19)23(31)28-24(27-22)34-12-13-7-9-16(10-8-13)29(32)33/h1,3-4,7-11,19H,2,5-6,12H2,(H2,26,27,28,31)/t19-/m0/s1. The minimum absolute atomic E-state index is 0.0305. The first-order valence-electron chi connectivity index (χ1n) is 10.7. The third kappa shape index (κ3) is 4.30. The van der Waals surface area contributed by atoms with Crippen LogP contribution in [0.5, 0.6) is 0 Å². The molecule has 0 spiro atoms. The van der Waals surface area contributed by atoms with Crippen molar-refractivity contribution >= 4 is 45.0 Å². The van der Waals surface area contributed by atoms with E-state index in [1.807, 2.05) is 24.3 Å². The molecular formula is C24H19BrN4O4S. The number of rotatable bonds is 5. The van der Waals surface area contributed by atoms with Crippen molar-refractivity contribution in [2.45, 2.75) is 36.1 Å². The maximum Gasteiger partial charge on any atom is 0.269 e. The summed E-state index contributed by atoms with van der Waals surface area (Å²) in [5.41, 5.74) is 3.39. The number of nitrogens with zero attached hydrogens (tertiary/aromatic N) is 2. The van der Waals surface area contributed by atoms with Crippen molar-refractivity contribution < 1.29 is 9.72 Å². The first kappa shape index (κ1) is 22.5. The number of fused-ring (bicyclic) bond motifs is 1. The Hall–Kier alpha value is -3.24. The molecule has 172 valence electrons. The van der Waals surface area contributed by atoms with Gasteiger partial charge in [-0.25, -0.2) is 4.98 Å². The number of aromatic amines is 1. The minimum atomic E-state index is -0.485. The first-order chi connectivity index (χ1) is 16.4. The van der Waals surface area contributed by atoms with Gasteiger partial charge in [0, 0.05) is 46.0 Å². The number of thioether (sulfide) groups is 1. The van der Waals surface area contributed by atoms with Gasteiger partial charge < -0.3 is 10.3 Å². The van der Waals surface area contributed by atoms with Crippen molar-refractivity contribution in [3.8, 4) is 0 Å². The van der Waals surface area contributed by atoms with E-state index in [-0.39, 0.29) is 17.0 Å². The number of hydrogen-bond donors (Lipinski definition) is 2. The van der Waals surface area contributed by atoms with Crippen molar-refractivity contribution in [2.24, 2.45) is 0 Å². The molecule has 5 rings (SSSR count). The van der Waals surface area contributed by atoms with E-state index in [9.17, 15) is 19.7 Å². The monoisotopic (exact) mass is 538 g/mol. The number of nitro groups is 1. The Morgan fingerprint density at radius 1 is 1.15 bits per heavy atom. The second-order valence-corrected chi connectivity index (χ2v) is 10.0. The number of aromatic nitrogens is 2. The lowest BCUT2D eigenvalue weighted by atomic mass is 9.76. The van der Waals surface area contributed by atoms with Crippen LogP contribution in [0.1, 0.15) is 41.9 Å². The Morgan fingerprint density at radius 3 is 2.68 bits per heavy atom. The molecule has 0 saturated carbocycles. The Kier molecular flexibility index (Phi) is 6.09. The van der Waals surface area contributed by atoms with Crippen LogP contribution in [-0.4, -0.2) is 20.7 Å². The Balaban J connectivity index is 1.50. The lowest BCUT2D eigenvalue weighted by Gasteiger charge is -2.32. The average molecular weight is 539 g/mol. The van der Waals surface area contributed by atoms with E-state index in [2.05, 4.69) is 31.2 Å². The molecule has 1 atom stereocenters. The molecule has 0 amide bonds. The maximum absolute atomic E-state index is 13.3. The first-order valence-corrected chi connectivity index (χ1v) is 12.5. The molecule has 3 aromatic rings. The van der Waals surface area contributed by atoms with Crippen molar-refractivity contribution in [3.63, 3.8) is 0 Å². The number of Topliss-reactive ketones (excluding diaryl/α,β-unsaturated/α-hetero) is 1. The number of nitro benzene ring substituents is 1. The van der Waals surface area contributed by atoms with Gasteiger partial charge in [-0.15, -0.1) is 0 Å². The third-order valence-corrected chi connectivity index (χ3v) is 7.38. The summed E-state index contributed by atoms with van der Waals surface area (Å²) in [7, 11) is 0. The summed E-state index contributed by atoms with van der Waals surface area (Å²) in [5, 5.41) is 14.6. The molecule has 2 N–H and O–H groups in total. The van der Waals surface area contributed by atoms with Crippen molar-refractivity contribution in [1.82, 2.24) is 9.97 Å². The second kappa shape index (κ2) is 9.19. The van der Waals surface area contributed by atoms with Crippen molar-refractivity contribution in [1.29, 1.82) is 0 Å². The molecule has 0 fully saturated rings. The van der Waals surface area contributed by atoms with Gasteiger partial charge in [0.15, 0.2) is 10.9 Å². The lowest BCUT2D eigenvalue weighted by molar-refractivity contribution is -0.384. The van der Waals surface area contributed by atoms with Gasteiger partial charge >= 0.3 is 0 Å². The summed E-state index contributed by atoms with van der Waals surface area (Å²) in [6.07, 6.45) is 1.95. The normalized spacial score (nSPS) is 17.1. The number of ketones is 1. The fourth-order valence-corrected chi connectivity index (χ4v) is 5.63. The zero-order valence-corrected chi connectivity index (χ0v) is 20.2. The van der Waals surface area contributed by atoms with Gasteiger partial charge in [0.25, 0.3) is 11.2 Å². The Labute approximate surface area is 207 Å². The van der Waals surface area contributed by atoms with Crippen LogP contribution in [-0.2, 0) is 10.5 Å². The molecule has 0 unspecified atom stereocenters. The predicted octanol–water partition coefficient (Wildman–Crippen LogP) is 5.30. The van der Waals surface area contributed by atoms with E-state index < -0.39 is 10.8 Å². The zero-order chi connectivity index (χ0) is 23.8. The molecule has 8 nitrogen and oxygen atoms in total. The number of allylic oxidation sites excluding steroid dienone is 2. The summed E-state index contributed by atoms with van der Waals surface area (Å²) in [6.45, 7) is 0. The molecule has 1 aromatic heterocycles. The highest BCUT2D eigenvalue weighted by molar-refractivity contribution is 9.10. The summed E-state index contributed by atoms with van der Waals surface area (Å²) < 4.78 is 0.871. The highest BCUT2D eigenvalue weighted by Crippen LogP contribution is 2.43. The van der Waals surface area contributed by atoms with E-state index in [4.69, 9.17) is 0 Å². The molecule has 2 aromatic carbocycles. The number of H-pyrrole nitrogens is 1. The van der Waals surface area contributed by atoms with Crippen LogP contribution < -0.4 is 10.9 Å². The fraction of sp³-hybridized carbons (Fsp3) is 0.208. The van der Waals surface area contributed by atoms with Gasteiger partial charge in [0.05, 0.1) is 10.5 Å². The number of benzene rings is 2. The number of carbonyl (C=O) groups excluding carboxylic acids is 1. The number of hydrogen-bond acceptors (Lipinski definition) is 7. The Morgan fingerprint density at radius 2 is 1.94 bits per heavy atom. The predicted molar refractivity (Wildman–Crippen MR) is 133 cm³/mol. The van der Waals surface area contributed by atoms with Gasteiger partial charge in [-0.3, -0.25) is 19.7 Å². The summed E-state index contributed by atoms with van der Waals surface area (Å²) in [6, 6.07) is 13.9. The fourth-order valence-electron chi connectivity index (χ4n) is 4.39. The van der Waals surface area contributed by atoms with E-state index in [1.54, 1.807) is 12.1 Å². The average Bonchev–Trinajstić information content (AvgIpc) is 2.82. The van der Waals surface area contributed by atoms with Crippen LogP contribution in [0.3, 0.4) is 0 Å². The van der Waals surface area contributed by atoms with Gasteiger partial charge in [0.2, 0.25) is 0 Å². The summed E-state index contributed by atoms with van der Waals surface area (Å²) >= 11 is 4.84. The molecule has 0 saturated heterocycles. The molecule has 10 heteroatoms. The van der Waals surface area contributed by atoms with Gasteiger partial charge in [0.1, 0.15) is 5.82 Å². The van der Waals surface area contributed by atoms with Crippen molar-refractivity contribution in [2.75, 3.05) is 5.32 Å². The van der Waals surface area contributed by atoms with Gasteiger partial charge in [-0.2, -0.15) is 0 Å². The number of anilines is 1. The number of nitrogens with one attached hydrogen (secondary N) is 2.